The maximum absolute atomic E-state index is 9.27. The summed E-state index contributed by atoms with van der Waals surface area (Å²) in [5, 5.41) is 9.27. The van der Waals surface area contributed by atoms with Gasteiger partial charge in [0.15, 0.2) is 0 Å². The van der Waals surface area contributed by atoms with Crippen molar-refractivity contribution in [3.8, 4) is 0 Å². The number of aryl methyl sites for hydroxylation is 1. The molecular weight excluding hydrogens is 204 g/mol. The summed E-state index contributed by atoms with van der Waals surface area (Å²) in [6.45, 7) is 5.22. The van der Waals surface area contributed by atoms with Crippen LogP contribution < -0.4 is 0 Å². The van der Waals surface area contributed by atoms with E-state index < -0.39 is 0 Å². The molecule has 0 spiro atoms. The van der Waals surface area contributed by atoms with Gasteiger partial charge in [-0.1, -0.05) is 6.07 Å². The van der Waals surface area contributed by atoms with Crippen LogP contribution in [0.15, 0.2) is 18.3 Å². The Kier molecular flexibility index (Phi) is 3.88. The molecule has 1 aliphatic rings. The Morgan fingerprint density at radius 3 is 3.25 bits per heavy atom. The fraction of sp³-hybridized carbons (Fsp3) is 0.583. The monoisotopic (exact) mass is 222 g/mol. The van der Waals surface area contributed by atoms with Gasteiger partial charge in [-0.2, -0.15) is 0 Å². The third kappa shape index (κ3) is 2.58. The lowest BCUT2D eigenvalue weighted by atomic mass is 10.1. The molecule has 0 saturated carbocycles. The van der Waals surface area contributed by atoms with Crippen LogP contribution in [0.4, 0.5) is 0 Å². The van der Waals surface area contributed by atoms with Gasteiger partial charge in [0.1, 0.15) is 0 Å². The molecule has 4 nitrogen and oxygen atoms in total. The minimum absolute atomic E-state index is 0.107. The van der Waals surface area contributed by atoms with E-state index in [0.717, 1.165) is 25.4 Å². The molecule has 2 heterocycles. The molecule has 1 aromatic rings. The van der Waals surface area contributed by atoms with E-state index in [1.807, 2.05) is 12.3 Å². The van der Waals surface area contributed by atoms with Gasteiger partial charge in [-0.05, 0) is 18.6 Å². The van der Waals surface area contributed by atoms with Gasteiger partial charge in [-0.25, -0.2) is 0 Å². The third-order valence-electron chi connectivity index (χ3n) is 3.03. The van der Waals surface area contributed by atoms with E-state index in [2.05, 4.69) is 22.9 Å². The smallest absolute Gasteiger partial charge is 0.0645 e. The number of rotatable bonds is 3. The SMILES string of the molecule is Cc1cccnc1CN1CCOCC1CO. The number of pyridine rings is 1. The molecule has 1 fully saturated rings. The van der Waals surface area contributed by atoms with Gasteiger partial charge in [0.25, 0.3) is 0 Å². The van der Waals surface area contributed by atoms with Crippen LogP contribution in [0.25, 0.3) is 0 Å². The number of ether oxygens (including phenoxy) is 1. The molecule has 2 rings (SSSR count). The van der Waals surface area contributed by atoms with Crippen LogP contribution >= 0.6 is 0 Å². The van der Waals surface area contributed by atoms with Crippen LogP contribution in [0.1, 0.15) is 11.3 Å². The quantitative estimate of drug-likeness (QED) is 0.812. The second kappa shape index (κ2) is 5.39. The van der Waals surface area contributed by atoms with Crippen LogP contribution in [-0.2, 0) is 11.3 Å². The zero-order chi connectivity index (χ0) is 11.4. The number of morpholine rings is 1. The summed E-state index contributed by atoms with van der Waals surface area (Å²) in [4.78, 5) is 6.61. The second-order valence-corrected chi connectivity index (χ2v) is 4.15. The Morgan fingerprint density at radius 2 is 2.50 bits per heavy atom. The highest BCUT2D eigenvalue weighted by Crippen LogP contribution is 2.12. The number of aliphatic hydroxyl groups excluding tert-OH is 1. The van der Waals surface area contributed by atoms with Crippen molar-refractivity contribution in [3.05, 3.63) is 29.6 Å². The standard InChI is InChI=1S/C12H18N2O2/c1-10-3-2-4-13-12(10)7-14-5-6-16-9-11(14)8-15/h2-4,11,15H,5-9H2,1H3. The number of aromatic nitrogens is 1. The molecule has 1 N–H and O–H groups in total. The fourth-order valence-electron chi connectivity index (χ4n) is 1.94. The second-order valence-electron chi connectivity index (χ2n) is 4.15. The van der Waals surface area contributed by atoms with E-state index in [9.17, 15) is 5.11 Å². The van der Waals surface area contributed by atoms with Crippen LogP contribution in [0, 0.1) is 6.92 Å². The zero-order valence-electron chi connectivity index (χ0n) is 9.59. The molecule has 1 unspecified atom stereocenters. The molecule has 1 aromatic heterocycles. The van der Waals surface area contributed by atoms with Crippen LogP contribution in [-0.4, -0.2) is 47.4 Å². The number of hydrogen-bond acceptors (Lipinski definition) is 4. The Bertz CT molecular complexity index is 344. The molecule has 1 atom stereocenters. The van der Waals surface area contributed by atoms with Crippen molar-refractivity contribution in [3.63, 3.8) is 0 Å². The van der Waals surface area contributed by atoms with Gasteiger partial charge in [0.05, 0.1) is 31.6 Å². The topological polar surface area (TPSA) is 45.6 Å². The van der Waals surface area contributed by atoms with Crippen molar-refractivity contribution in [2.45, 2.75) is 19.5 Å². The predicted octanol–water partition coefficient (Wildman–Crippen LogP) is 0.583. The third-order valence-corrected chi connectivity index (χ3v) is 3.03. The van der Waals surface area contributed by atoms with Crippen LogP contribution in [0.2, 0.25) is 0 Å². The van der Waals surface area contributed by atoms with E-state index >= 15 is 0 Å². The summed E-state index contributed by atoms with van der Waals surface area (Å²) in [6, 6.07) is 4.12. The highest BCUT2D eigenvalue weighted by atomic mass is 16.5. The van der Waals surface area contributed by atoms with Gasteiger partial charge in [0.2, 0.25) is 0 Å². The van der Waals surface area contributed by atoms with Crippen LogP contribution in [0.3, 0.4) is 0 Å². The summed E-state index contributed by atoms with van der Waals surface area (Å²) in [5.41, 5.74) is 2.29. The normalized spacial score (nSPS) is 22.2. The van der Waals surface area contributed by atoms with E-state index in [4.69, 9.17) is 4.74 Å². The average Bonchev–Trinajstić information content (AvgIpc) is 2.33. The Labute approximate surface area is 95.9 Å². The zero-order valence-corrected chi connectivity index (χ0v) is 9.59. The van der Waals surface area contributed by atoms with E-state index in [-0.39, 0.29) is 12.6 Å². The predicted molar refractivity (Wildman–Crippen MR) is 61.1 cm³/mol. The average molecular weight is 222 g/mol. The summed E-state index contributed by atoms with van der Waals surface area (Å²) in [6.07, 6.45) is 1.82. The number of aliphatic hydroxyl groups is 1. The van der Waals surface area contributed by atoms with Crippen molar-refractivity contribution in [1.29, 1.82) is 0 Å². The Morgan fingerprint density at radius 1 is 1.62 bits per heavy atom. The fourth-order valence-corrected chi connectivity index (χ4v) is 1.94. The minimum atomic E-state index is 0.107. The van der Waals surface area contributed by atoms with Crippen molar-refractivity contribution < 1.29 is 9.84 Å². The van der Waals surface area contributed by atoms with E-state index in [1.54, 1.807) is 0 Å². The molecule has 0 aromatic carbocycles. The number of nitrogens with zero attached hydrogens (tertiary/aromatic N) is 2. The largest absolute Gasteiger partial charge is 0.395 e. The first kappa shape index (κ1) is 11.5. The molecule has 88 valence electrons. The highest BCUT2D eigenvalue weighted by Gasteiger charge is 2.22. The van der Waals surface area contributed by atoms with Gasteiger partial charge < -0.3 is 9.84 Å². The van der Waals surface area contributed by atoms with Gasteiger partial charge in [0, 0.05) is 19.3 Å². The summed E-state index contributed by atoms with van der Waals surface area (Å²) in [7, 11) is 0. The van der Waals surface area contributed by atoms with Crippen molar-refractivity contribution >= 4 is 0 Å². The minimum Gasteiger partial charge on any atom is -0.395 e. The molecular formula is C12H18N2O2. The molecule has 16 heavy (non-hydrogen) atoms. The van der Waals surface area contributed by atoms with Crippen molar-refractivity contribution in [2.24, 2.45) is 0 Å². The molecule has 0 aliphatic carbocycles. The Hall–Kier alpha value is -0.970. The van der Waals surface area contributed by atoms with E-state index in [0.29, 0.717) is 6.61 Å². The summed E-state index contributed by atoms with van der Waals surface area (Å²) < 4.78 is 5.35. The van der Waals surface area contributed by atoms with E-state index in [1.165, 1.54) is 5.56 Å². The molecule has 0 amide bonds. The molecule has 1 saturated heterocycles. The lowest BCUT2D eigenvalue weighted by Gasteiger charge is -2.34. The Balaban J connectivity index is 2.05. The molecule has 0 radical (unpaired) electrons. The van der Waals surface area contributed by atoms with Crippen molar-refractivity contribution in [1.82, 2.24) is 9.88 Å². The number of hydrogen-bond donors (Lipinski definition) is 1. The van der Waals surface area contributed by atoms with Gasteiger partial charge in [-0.15, -0.1) is 0 Å². The van der Waals surface area contributed by atoms with Crippen LogP contribution in [0.5, 0.6) is 0 Å². The molecule has 1 aliphatic heterocycles. The first-order valence-corrected chi connectivity index (χ1v) is 5.64. The summed E-state index contributed by atoms with van der Waals surface area (Å²) >= 11 is 0. The molecule has 0 bridgehead atoms. The lowest BCUT2D eigenvalue weighted by Crippen LogP contribution is -2.47. The van der Waals surface area contributed by atoms with Gasteiger partial charge in [-0.3, -0.25) is 9.88 Å². The lowest BCUT2D eigenvalue weighted by molar-refractivity contribution is -0.0318. The molecule has 4 heteroatoms. The maximum Gasteiger partial charge on any atom is 0.0645 e. The van der Waals surface area contributed by atoms with Crippen molar-refractivity contribution in [2.75, 3.05) is 26.4 Å². The van der Waals surface area contributed by atoms with Gasteiger partial charge >= 0.3 is 0 Å². The summed E-state index contributed by atoms with van der Waals surface area (Å²) in [5.74, 6) is 0. The highest BCUT2D eigenvalue weighted by molar-refractivity contribution is 5.17. The maximum atomic E-state index is 9.27. The first-order chi connectivity index (χ1) is 7.81. The first-order valence-electron chi connectivity index (χ1n) is 5.64.